The van der Waals surface area contributed by atoms with Gasteiger partial charge >= 0.3 is 0 Å². The Kier molecular flexibility index (Phi) is 4.53. The summed E-state index contributed by atoms with van der Waals surface area (Å²) in [6, 6.07) is 14.8. The summed E-state index contributed by atoms with van der Waals surface area (Å²) in [7, 11) is 0. The van der Waals surface area contributed by atoms with Crippen LogP contribution in [0.5, 0.6) is 5.75 Å². The second kappa shape index (κ2) is 7.17. The van der Waals surface area contributed by atoms with E-state index in [1.54, 1.807) is 11.8 Å². The average Bonchev–Trinajstić information content (AvgIpc) is 3.63. The summed E-state index contributed by atoms with van der Waals surface area (Å²) in [5.41, 5.74) is 0. The van der Waals surface area contributed by atoms with Crippen molar-refractivity contribution in [2.24, 2.45) is 0 Å². The third-order valence-electron chi connectivity index (χ3n) is 5.11. The van der Waals surface area contributed by atoms with Crippen molar-refractivity contribution in [2.45, 2.75) is 48.9 Å². The maximum atomic E-state index is 10.4. The maximum absolute atomic E-state index is 10.4. The van der Waals surface area contributed by atoms with Crippen LogP contribution in [-0.2, 0) is 0 Å². The molecule has 0 bridgehead atoms. The first-order chi connectivity index (χ1) is 13.3. The van der Waals surface area contributed by atoms with Crippen molar-refractivity contribution in [1.29, 1.82) is 0 Å². The first kappa shape index (κ1) is 17.1. The minimum absolute atomic E-state index is 0.276. The first-order valence-corrected chi connectivity index (χ1v) is 10.6. The van der Waals surface area contributed by atoms with Crippen molar-refractivity contribution < 1.29 is 9.84 Å². The van der Waals surface area contributed by atoms with Gasteiger partial charge in [-0.3, -0.25) is 0 Å². The van der Waals surface area contributed by atoms with Crippen molar-refractivity contribution in [2.75, 3.05) is 12.4 Å². The van der Waals surface area contributed by atoms with Crippen LogP contribution in [0.25, 0.3) is 10.8 Å². The second-order valence-electron chi connectivity index (χ2n) is 7.50. The predicted octanol–water partition coefficient (Wildman–Crippen LogP) is 4.18. The van der Waals surface area contributed by atoms with E-state index < -0.39 is 6.10 Å². The molecule has 27 heavy (non-hydrogen) atoms. The number of fused-ring (bicyclic) bond motifs is 1. The molecule has 1 N–H and O–H groups in total. The molecule has 2 aromatic carbocycles. The van der Waals surface area contributed by atoms with E-state index in [4.69, 9.17) is 4.74 Å². The lowest BCUT2D eigenvalue weighted by atomic mass is 10.1. The Balaban J connectivity index is 1.18. The highest BCUT2D eigenvalue weighted by molar-refractivity contribution is 7.99. The highest BCUT2D eigenvalue weighted by Gasteiger charge is 2.36. The zero-order valence-electron chi connectivity index (χ0n) is 15.1. The maximum Gasteiger partial charge on any atom is 0.191 e. The van der Waals surface area contributed by atoms with Gasteiger partial charge in [-0.25, -0.2) is 0 Å². The molecule has 0 saturated heterocycles. The van der Waals surface area contributed by atoms with Gasteiger partial charge in [-0.05, 0) is 48.6 Å². The van der Waals surface area contributed by atoms with Gasteiger partial charge < -0.3 is 14.4 Å². The summed E-state index contributed by atoms with van der Waals surface area (Å²) in [6.45, 7) is 0.276. The van der Waals surface area contributed by atoms with Gasteiger partial charge in [-0.2, -0.15) is 0 Å². The van der Waals surface area contributed by atoms with Gasteiger partial charge in [0.25, 0.3) is 0 Å². The number of hydrogen-bond acceptors (Lipinski definition) is 5. The third kappa shape index (κ3) is 3.82. The Morgan fingerprint density at radius 3 is 2.67 bits per heavy atom. The summed E-state index contributed by atoms with van der Waals surface area (Å²) in [5, 5.41) is 22.4. The Bertz CT molecular complexity index is 950. The average molecular weight is 382 g/mol. The molecule has 1 atom stereocenters. The minimum atomic E-state index is -0.546. The van der Waals surface area contributed by atoms with Crippen LogP contribution in [0.4, 0.5) is 0 Å². The van der Waals surface area contributed by atoms with Gasteiger partial charge in [0.1, 0.15) is 18.2 Å². The predicted molar refractivity (Wildman–Crippen MR) is 106 cm³/mol. The van der Waals surface area contributed by atoms with Crippen molar-refractivity contribution in [3.8, 4) is 5.75 Å². The van der Waals surface area contributed by atoms with Crippen LogP contribution in [0.2, 0.25) is 0 Å². The summed E-state index contributed by atoms with van der Waals surface area (Å²) in [6.07, 6.45) is 4.36. The van der Waals surface area contributed by atoms with E-state index in [-0.39, 0.29) is 6.61 Å². The molecule has 1 unspecified atom stereocenters. The zero-order chi connectivity index (χ0) is 18.2. The number of aliphatic hydroxyl groups is 1. The molecule has 140 valence electrons. The number of hydrogen-bond donors (Lipinski definition) is 1. The molecule has 6 heteroatoms. The number of ether oxygens (including phenoxy) is 1. The van der Waals surface area contributed by atoms with Crippen LogP contribution < -0.4 is 4.74 Å². The summed E-state index contributed by atoms with van der Waals surface area (Å²) >= 11 is 1.59. The second-order valence-corrected chi connectivity index (χ2v) is 8.49. The highest BCUT2D eigenvalue weighted by atomic mass is 32.2. The topological polar surface area (TPSA) is 60.2 Å². The number of rotatable bonds is 8. The fraction of sp³-hybridized carbons (Fsp3) is 0.429. The monoisotopic (exact) mass is 381 g/mol. The quantitative estimate of drug-likeness (QED) is 0.593. The van der Waals surface area contributed by atoms with Gasteiger partial charge in [0.2, 0.25) is 0 Å². The molecule has 0 spiro atoms. The lowest BCUT2D eigenvalue weighted by molar-refractivity contribution is 0.126. The Labute approximate surface area is 162 Å². The molecule has 0 amide bonds. The van der Waals surface area contributed by atoms with E-state index in [0.29, 0.717) is 17.7 Å². The van der Waals surface area contributed by atoms with Gasteiger partial charge in [0.05, 0.1) is 6.10 Å². The molecule has 5 nitrogen and oxygen atoms in total. The van der Waals surface area contributed by atoms with Crippen molar-refractivity contribution in [3.63, 3.8) is 0 Å². The smallest absolute Gasteiger partial charge is 0.191 e. The Morgan fingerprint density at radius 2 is 1.89 bits per heavy atom. The van der Waals surface area contributed by atoms with Crippen molar-refractivity contribution >= 4 is 22.5 Å². The van der Waals surface area contributed by atoms with Crippen LogP contribution in [0.3, 0.4) is 0 Å². The van der Waals surface area contributed by atoms with Crippen LogP contribution in [0.1, 0.15) is 43.5 Å². The van der Waals surface area contributed by atoms with Gasteiger partial charge in [0, 0.05) is 17.7 Å². The molecule has 0 radical (unpaired) electrons. The highest BCUT2D eigenvalue weighted by Crippen LogP contribution is 2.46. The molecule has 0 aliphatic heterocycles. The number of aliphatic hydroxyl groups excluding tert-OH is 1. The van der Waals surface area contributed by atoms with Crippen molar-refractivity contribution in [3.05, 3.63) is 48.3 Å². The van der Waals surface area contributed by atoms with E-state index in [0.717, 1.165) is 22.1 Å². The van der Waals surface area contributed by atoms with Crippen LogP contribution in [-0.4, -0.2) is 38.3 Å². The molecule has 2 saturated carbocycles. The van der Waals surface area contributed by atoms with Crippen LogP contribution >= 0.6 is 11.8 Å². The molecular formula is C21H23N3O2S. The normalized spacial score (nSPS) is 18.0. The standard InChI is InChI=1S/C21H23N3O2S/c25-18(12-26-19-10-7-14-3-1-2-4-16(14)11-19)13-27-21-23-22-20(15-5-6-15)24(21)17-8-9-17/h1-4,7,10-11,15,17-18,25H,5-6,8-9,12-13H2. The van der Waals surface area contributed by atoms with E-state index in [1.807, 2.05) is 30.3 Å². The molecule has 3 aromatic rings. The fourth-order valence-corrected chi connectivity index (χ4v) is 4.27. The van der Waals surface area contributed by atoms with E-state index in [2.05, 4.69) is 26.9 Å². The summed E-state index contributed by atoms with van der Waals surface area (Å²) in [5.74, 6) is 3.11. The van der Waals surface area contributed by atoms with E-state index >= 15 is 0 Å². The lowest BCUT2D eigenvalue weighted by Crippen LogP contribution is -2.20. The SMILES string of the molecule is OC(COc1ccc2ccccc2c1)CSc1nnc(C2CC2)n1C1CC1. The first-order valence-electron chi connectivity index (χ1n) is 9.65. The lowest BCUT2D eigenvalue weighted by Gasteiger charge is -2.13. The number of benzene rings is 2. The molecule has 2 fully saturated rings. The van der Waals surface area contributed by atoms with E-state index in [1.165, 1.54) is 31.1 Å². The number of thioether (sulfide) groups is 1. The van der Waals surface area contributed by atoms with Gasteiger partial charge in [0.15, 0.2) is 5.16 Å². The molecule has 2 aliphatic rings. The molecular weight excluding hydrogens is 358 g/mol. The Hall–Kier alpha value is -2.05. The molecule has 5 rings (SSSR count). The Morgan fingerprint density at radius 1 is 1.07 bits per heavy atom. The largest absolute Gasteiger partial charge is 0.491 e. The van der Waals surface area contributed by atoms with Crippen LogP contribution in [0, 0.1) is 0 Å². The molecule has 1 heterocycles. The summed E-state index contributed by atoms with van der Waals surface area (Å²) < 4.78 is 8.12. The van der Waals surface area contributed by atoms with E-state index in [9.17, 15) is 5.11 Å². The third-order valence-corrected chi connectivity index (χ3v) is 6.20. The van der Waals surface area contributed by atoms with Crippen LogP contribution in [0.15, 0.2) is 47.6 Å². The fourth-order valence-electron chi connectivity index (χ4n) is 3.35. The molecule has 2 aliphatic carbocycles. The van der Waals surface area contributed by atoms with Crippen molar-refractivity contribution in [1.82, 2.24) is 14.8 Å². The minimum Gasteiger partial charge on any atom is -0.491 e. The van der Waals surface area contributed by atoms with Gasteiger partial charge in [-0.15, -0.1) is 10.2 Å². The zero-order valence-corrected chi connectivity index (χ0v) is 15.9. The van der Waals surface area contributed by atoms with Gasteiger partial charge in [-0.1, -0.05) is 42.1 Å². The molecule has 1 aromatic heterocycles. The number of nitrogens with zero attached hydrogens (tertiary/aromatic N) is 3. The summed E-state index contributed by atoms with van der Waals surface area (Å²) in [4.78, 5) is 0. The number of aromatic nitrogens is 3.